The van der Waals surface area contributed by atoms with Gasteiger partial charge in [-0.2, -0.15) is 0 Å². The fourth-order valence-electron chi connectivity index (χ4n) is 19.1. The van der Waals surface area contributed by atoms with Crippen molar-refractivity contribution >= 4 is 87.2 Å². The Labute approximate surface area is 719 Å². The number of benzene rings is 20. The minimum atomic E-state index is 1.14. The van der Waals surface area contributed by atoms with Gasteiger partial charge in [-0.15, -0.1) is 0 Å². The number of rotatable bonds is 14. The minimum absolute atomic E-state index is 1.14. The van der Waals surface area contributed by atoms with Gasteiger partial charge in [0.05, 0.1) is 44.1 Å². The van der Waals surface area contributed by atoms with Gasteiger partial charge in [-0.1, -0.05) is 364 Å². The Morgan fingerprint density at radius 1 is 0.0968 bits per heavy atom. The molecule has 24 rings (SSSR count). The lowest BCUT2D eigenvalue weighted by Crippen LogP contribution is -1.96. The largest absolute Gasteiger partial charge is 0.309 e. The van der Waals surface area contributed by atoms with E-state index < -0.39 is 0 Å². The average Bonchev–Trinajstić information content (AvgIpc) is 1.58. The second-order valence-electron chi connectivity index (χ2n) is 32.2. The monoisotopic (exact) mass is 1580 g/mol. The van der Waals surface area contributed by atoms with E-state index in [2.05, 4.69) is 504 Å². The molecular formula is C120H80N4. The fraction of sp³-hybridized carbons (Fsp3) is 0. The van der Waals surface area contributed by atoms with Gasteiger partial charge in [-0.25, -0.2) is 0 Å². The molecule has 0 N–H and O–H groups in total. The van der Waals surface area contributed by atoms with Crippen LogP contribution in [0.25, 0.3) is 221 Å². The lowest BCUT2D eigenvalue weighted by Gasteiger charge is -2.15. The lowest BCUT2D eigenvalue weighted by molar-refractivity contribution is 1.18. The van der Waals surface area contributed by atoms with Crippen LogP contribution >= 0.6 is 0 Å². The Kier molecular flexibility index (Phi) is 18.2. The summed E-state index contributed by atoms with van der Waals surface area (Å²) in [5, 5.41) is 9.94. The Morgan fingerprint density at radius 3 is 0.653 bits per heavy atom. The van der Waals surface area contributed by atoms with E-state index in [0.29, 0.717) is 0 Å². The quantitative estimate of drug-likeness (QED) is 0.103. The minimum Gasteiger partial charge on any atom is -0.309 e. The summed E-state index contributed by atoms with van der Waals surface area (Å²) in [6.45, 7) is 0. The summed E-state index contributed by atoms with van der Waals surface area (Å²) < 4.78 is 9.67. The number of para-hydroxylation sites is 4. The Morgan fingerprint density at radius 2 is 0.306 bits per heavy atom. The zero-order valence-electron chi connectivity index (χ0n) is 68.0. The number of nitrogens with zero attached hydrogens (tertiary/aromatic N) is 4. The van der Waals surface area contributed by atoms with Crippen LogP contribution in [0.5, 0.6) is 0 Å². The topological polar surface area (TPSA) is 19.7 Å². The molecule has 0 bridgehead atoms. The first-order valence-electron chi connectivity index (χ1n) is 42.7. The van der Waals surface area contributed by atoms with Crippen LogP contribution in [0.3, 0.4) is 0 Å². The van der Waals surface area contributed by atoms with Crippen LogP contribution in [0.4, 0.5) is 0 Å². The summed E-state index contributed by atoms with van der Waals surface area (Å²) >= 11 is 0. The van der Waals surface area contributed by atoms with Gasteiger partial charge in [0.1, 0.15) is 0 Å². The van der Waals surface area contributed by atoms with E-state index >= 15 is 0 Å². The highest BCUT2D eigenvalue weighted by Gasteiger charge is 2.22. The molecule has 4 nitrogen and oxygen atoms in total. The van der Waals surface area contributed by atoms with Crippen LogP contribution in [-0.2, 0) is 0 Å². The second-order valence-corrected chi connectivity index (χ2v) is 32.2. The standard InChI is InChI=1S/2C60H40N2/c1-4-15-41(16-5-1)42-27-29-43(30-28-42)46-21-14-22-49(37-46)61-57-25-12-10-23-52(57)55-38-47(31-35-59(55)61)48-32-36-60-56(39-48)53-24-11-13-26-58(53)62(60)50-33-34-51(44-17-6-2-7-18-44)54(40-50)45-19-8-3-9-20-45;1-3-14-41(15-4-1)42-26-28-43(29-27-42)46-18-13-19-50(38-46)62-58-25-12-10-23-54(58)56-40-48(33-37-60(56)62)47-32-36-59-55(39-47)53-22-9-11-24-57(53)61(59)49-34-30-45(31-35-49)52-21-8-7-20-51(52)44-16-5-2-6-17-44/h2*1-40H. The molecular weight excluding hydrogens is 1500 g/mol. The normalized spacial score (nSPS) is 11.5. The maximum absolute atomic E-state index is 2.43. The van der Waals surface area contributed by atoms with Crippen molar-refractivity contribution in [2.45, 2.75) is 0 Å². The molecule has 4 heterocycles. The van der Waals surface area contributed by atoms with Gasteiger partial charge in [0, 0.05) is 65.8 Å². The van der Waals surface area contributed by atoms with E-state index in [0.717, 1.165) is 22.7 Å². The van der Waals surface area contributed by atoms with Gasteiger partial charge >= 0.3 is 0 Å². The van der Waals surface area contributed by atoms with Crippen molar-refractivity contribution in [2.24, 2.45) is 0 Å². The molecule has 0 aliphatic rings. The van der Waals surface area contributed by atoms with Gasteiger partial charge < -0.3 is 18.3 Å². The summed E-state index contributed by atoms with van der Waals surface area (Å²) in [5.41, 5.74) is 38.4. The van der Waals surface area contributed by atoms with Crippen molar-refractivity contribution in [3.8, 4) is 134 Å². The molecule has 124 heavy (non-hydrogen) atoms. The van der Waals surface area contributed by atoms with E-state index in [1.54, 1.807) is 0 Å². The zero-order chi connectivity index (χ0) is 82.0. The third-order valence-electron chi connectivity index (χ3n) is 25.1. The molecule has 0 saturated heterocycles. The fourth-order valence-corrected chi connectivity index (χ4v) is 19.1. The van der Waals surface area contributed by atoms with Crippen LogP contribution in [0.2, 0.25) is 0 Å². The van der Waals surface area contributed by atoms with Crippen molar-refractivity contribution in [3.05, 3.63) is 485 Å². The third kappa shape index (κ3) is 13.0. The van der Waals surface area contributed by atoms with Gasteiger partial charge in [-0.05, 0) is 233 Å². The summed E-state index contributed by atoms with van der Waals surface area (Å²) in [6.07, 6.45) is 0. The first-order valence-corrected chi connectivity index (χ1v) is 42.7. The SMILES string of the molecule is c1ccc(-c2ccc(-c3cccc(-n4c5ccccc5c5cc(-c6ccc7c(c6)c6ccccc6n7-c6ccc(-c7ccccc7)c(-c7ccccc7)c6)ccc54)c3)cc2)cc1.c1ccc(-c2ccc(-c3cccc(-n4c5ccccc5c5cc(-c6ccc7c(c6)c6ccccc6n7-c6ccc(-c7ccccc7-c7ccccc7)cc6)ccc54)c3)cc2)cc1. The van der Waals surface area contributed by atoms with E-state index in [1.807, 2.05) is 0 Å². The molecule has 0 aliphatic carbocycles. The molecule has 4 heteroatoms. The van der Waals surface area contributed by atoms with Crippen LogP contribution in [0.1, 0.15) is 0 Å². The third-order valence-corrected chi connectivity index (χ3v) is 25.1. The Hall–Kier alpha value is -16.4. The Bertz CT molecular complexity index is 8160. The van der Waals surface area contributed by atoms with Crippen LogP contribution < -0.4 is 0 Å². The van der Waals surface area contributed by atoms with Crippen molar-refractivity contribution in [1.29, 1.82) is 0 Å². The first-order chi connectivity index (χ1) is 61.5. The highest BCUT2D eigenvalue weighted by Crippen LogP contribution is 2.45. The number of aromatic nitrogens is 4. The van der Waals surface area contributed by atoms with Gasteiger partial charge in [0.15, 0.2) is 0 Å². The summed E-state index contributed by atoms with van der Waals surface area (Å²) in [4.78, 5) is 0. The van der Waals surface area contributed by atoms with Gasteiger partial charge in [0.2, 0.25) is 0 Å². The van der Waals surface area contributed by atoms with E-state index in [-0.39, 0.29) is 0 Å². The van der Waals surface area contributed by atoms with Crippen LogP contribution in [0.15, 0.2) is 485 Å². The van der Waals surface area contributed by atoms with Crippen molar-refractivity contribution < 1.29 is 0 Å². The molecule has 0 unspecified atom stereocenters. The van der Waals surface area contributed by atoms with E-state index in [1.165, 1.54) is 198 Å². The van der Waals surface area contributed by atoms with E-state index in [4.69, 9.17) is 0 Å². The lowest BCUT2D eigenvalue weighted by atomic mass is 9.94. The molecule has 0 aliphatic heterocycles. The molecule has 0 saturated carbocycles. The molecule has 0 fully saturated rings. The molecule has 0 amide bonds. The van der Waals surface area contributed by atoms with Gasteiger partial charge in [-0.3, -0.25) is 0 Å². The summed E-state index contributed by atoms with van der Waals surface area (Å²) in [6, 6.07) is 177. The molecule has 4 aromatic heterocycles. The van der Waals surface area contributed by atoms with E-state index in [9.17, 15) is 0 Å². The summed E-state index contributed by atoms with van der Waals surface area (Å²) in [5.74, 6) is 0. The van der Waals surface area contributed by atoms with Crippen molar-refractivity contribution in [1.82, 2.24) is 18.3 Å². The number of hydrogen-bond acceptors (Lipinski definition) is 0. The maximum Gasteiger partial charge on any atom is 0.0541 e. The smallest absolute Gasteiger partial charge is 0.0541 e. The molecule has 0 spiro atoms. The van der Waals surface area contributed by atoms with Gasteiger partial charge in [0.25, 0.3) is 0 Å². The number of fused-ring (bicyclic) bond motifs is 12. The molecule has 24 aromatic rings. The molecule has 0 radical (unpaired) electrons. The highest BCUT2D eigenvalue weighted by atomic mass is 15.0. The zero-order valence-corrected chi connectivity index (χ0v) is 68.0. The average molecular weight is 1580 g/mol. The van der Waals surface area contributed by atoms with Crippen LogP contribution in [0, 0.1) is 0 Å². The highest BCUT2D eigenvalue weighted by molar-refractivity contribution is 6.15. The molecule has 0 atom stereocenters. The maximum atomic E-state index is 2.43. The summed E-state index contributed by atoms with van der Waals surface area (Å²) in [7, 11) is 0. The predicted octanol–water partition coefficient (Wildman–Crippen LogP) is 32.4. The second kappa shape index (κ2) is 31.1. The first kappa shape index (κ1) is 72.8. The molecule has 20 aromatic carbocycles. The van der Waals surface area contributed by atoms with Crippen LogP contribution in [-0.4, -0.2) is 18.3 Å². The number of hydrogen-bond donors (Lipinski definition) is 0. The Balaban J connectivity index is 0.000000143. The van der Waals surface area contributed by atoms with Crippen molar-refractivity contribution in [2.75, 3.05) is 0 Å². The van der Waals surface area contributed by atoms with Crippen molar-refractivity contribution in [3.63, 3.8) is 0 Å². The molecule has 580 valence electrons. The predicted molar refractivity (Wildman–Crippen MR) is 525 cm³/mol.